The zero-order valence-electron chi connectivity index (χ0n) is 18.1. The number of hydrogen-bond acceptors (Lipinski definition) is 5. The molecule has 0 radical (unpaired) electrons. The fourth-order valence-corrected chi connectivity index (χ4v) is 4.61. The first-order chi connectivity index (χ1) is 15.4. The third kappa shape index (κ3) is 4.89. The molecule has 4 aromatic rings. The molecule has 8 heteroatoms. The molecule has 0 bridgehead atoms. The second-order valence-electron chi connectivity index (χ2n) is 7.54. The minimum atomic E-state index is -0.154. The number of amides is 1. The van der Waals surface area contributed by atoms with Gasteiger partial charge in [0.2, 0.25) is 5.91 Å². The molecule has 0 saturated carbocycles. The quantitative estimate of drug-likeness (QED) is 0.343. The number of thioether (sulfide) groups is 1. The van der Waals surface area contributed by atoms with Crippen molar-refractivity contribution in [3.8, 4) is 11.4 Å². The van der Waals surface area contributed by atoms with Gasteiger partial charge in [-0.05, 0) is 49.6 Å². The number of aryl methyl sites for hydroxylation is 3. The van der Waals surface area contributed by atoms with Crippen molar-refractivity contribution in [3.63, 3.8) is 0 Å². The summed E-state index contributed by atoms with van der Waals surface area (Å²) < 4.78 is 7.47. The standard InChI is InChI=1S/C24H23ClN4O2S/c1-15-11-16(2)22(20(25)12-15)26-21(30)14-32-24-28-27-23(19-9-10-31-17(19)3)29(24)13-18-7-5-4-6-8-18/h4-12H,13-14H2,1-3H3,(H,26,30). The first-order valence-electron chi connectivity index (χ1n) is 10.1. The Labute approximate surface area is 196 Å². The van der Waals surface area contributed by atoms with Crippen LogP contribution in [0.2, 0.25) is 5.02 Å². The fraction of sp³-hybridized carbons (Fsp3) is 0.208. The number of halogens is 1. The molecular weight excluding hydrogens is 444 g/mol. The maximum absolute atomic E-state index is 12.7. The van der Waals surface area contributed by atoms with Crippen molar-refractivity contribution in [1.82, 2.24) is 14.8 Å². The molecule has 0 aliphatic rings. The molecule has 0 spiro atoms. The third-order valence-corrected chi connectivity index (χ3v) is 6.29. The molecule has 2 aromatic heterocycles. The fourth-order valence-electron chi connectivity index (χ4n) is 3.50. The van der Waals surface area contributed by atoms with Gasteiger partial charge >= 0.3 is 0 Å². The van der Waals surface area contributed by atoms with E-state index in [9.17, 15) is 4.79 Å². The van der Waals surface area contributed by atoms with Gasteiger partial charge in [-0.15, -0.1) is 10.2 Å². The number of furan rings is 1. The molecule has 1 N–H and O–H groups in total. The maximum atomic E-state index is 12.7. The minimum Gasteiger partial charge on any atom is -0.469 e. The van der Waals surface area contributed by atoms with E-state index in [2.05, 4.69) is 27.6 Å². The zero-order valence-corrected chi connectivity index (χ0v) is 19.6. The van der Waals surface area contributed by atoms with E-state index in [-0.39, 0.29) is 11.7 Å². The lowest BCUT2D eigenvalue weighted by Gasteiger charge is -2.12. The molecule has 4 rings (SSSR count). The Kier molecular flexibility index (Phi) is 6.67. The van der Waals surface area contributed by atoms with Gasteiger partial charge in [-0.1, -0.05) is 59.8 Å². The van der Waals surface area contributed by atoms with Crippen molar-refractivity contribution in [2.45, 2.75) is 32.5 Å². The van der Waals surface area contributed by atoms with Crippen molar-refractivity contribution in [1.29, 1.82) is 0 Å². The monoisotopic (exact) mass is 466 g/mol. The maximum Gasteiger partial charge on any atom is 0.234 e. The molecule has 6 nitrogen and oxygen atoms in total. The first-order valence-corrected chi connectivity index (χ1v) is 11.5. The highest BCUT2D eigenvalue weighted by Gasteiger charge is 2.19. The second kappa shape index (κ2) is 9.63. The van der Waals surface area contributed by atoms with E-state index in [1.54, 1.807) is 6.26 Å². The molecule has 0 atom stereocenters. The number of carbonyl (C=O) groups excluding carboxylic acids is 1. The molecule has 164 valence electrons. The van der Waals surface area contributed by atoms with Crippen LogP contribution >= 0.6 is 23.4 Å². The van der Waals surface area contributed by atoms with Crippen LogP contribution in [-0.2, 0) is 11.3 Å². The Hall–Kier alpha value is -3.03. The van der Waals surface area contributed by atoms with Crippen molar-refractivity contribution in [3.05, 3.63) is 82.3 Å². The number of hydrogen-bond donors (Lipinski definition) is 1. The third-order valence-electron chi connectivity index (χ3n) is 5.03. The molecule has 0 fully saturated rings. The number of carbonyl (C=O) groups is 1. The highest BCUT2D eigenvalue weighted by atomic mass is 35.5. The summed E-state index contributed by atoms with van der Waals surface area (Å²) in [5.74, 6) is 1.51. The van der Waals surface area contributed by atoms with Crippen molar-refractivity contribution < 1.29 is 9.21 Å². The van der Waals surface area contributed by atoms with E-state index in [1.165, 1.54) is 11.8 Å². The lowest BCUT2D eigenvalue weighted by Crippen LogP contribution is -2.16. The van der Waals surface area contributed by atoms with Crippen LogP contribution in [-0.4, -0.2) is 26.4 Å². The normalized spacial score (nSPS) is 11.0. The van der Waals surface area contributed by atoms with Gasteiger partial charge in [0.05, 0.1) is 34.8 Å². The lowest BCUT2D eigenvalue weighted by molar-refractivity contribution is -0.113. The van der Waals surface area contributed by atoms with E-state index >= 15 is 0 Å². The van der Waals surface area contributed by atoms with E-state index in [0.29, 0.717) is 28.2 Å². The van der Waals surface area contributed by atoms with Gasteiger partial charge in [0.25, 0.3) is 0 Å². The molecule has 2 heterocycles. The average molecular weight is 467 g/mol. The topological polar surface area (TPSA) is 73.0 Å². The van der Waals surface area contributed by atoms with E-state index < -0.39 is 0 Å². The van der Waals surface area contributed by atoms with Gasteiger partial charge in [0.1, 0.15) is 5.76 Å². The van der Waals surface area contributed by atoms with Crippen LogP contribution in [0.15, 0.2) is 64.4 Å². The largest absolute Gasteiger partial charge is 0.469 e. The Balaban J connectivity index is 1.55. The van der Waals surface area contributed by atoms with Crippen molar-refractivity contribution in [2.24, 2.45) is 0 Å². The lowest BCUT2D eigenvalue weighted by atomic mass is 10.1. The molecule has 0 saturated heterocycles. The number of benzene rings is 2. The summed E-state index contributed by atoms with van der Waals surface area (Å²) >= 11 is 7.67. The summed E-state index contributed by atoms with van der Waals surface area (Å²) in [6.07, 6.45) is 1.64. The van der Waals surface area contributed by atoms with Crippen LogP contribution in [0.25, 0.3) is 11.4 Å². The molecule has 32 heavy (non-hydrogen) atoms. The summed E-state index contributed by atoms with van der Waals surface area (Å²) in [5.41, 5.74) is 4.62. The number of nitrogens with one attached hydrogen (secondary N) is 1. The number of aromatic nitrogens is 3. The van der Waals surface area contributed by atoms with Crippen molar-refractivity contribution >= 4 is 35.0 Å². The SMILES string of the molecule is Cc1cc(C)c(NC(=O)CSc2nnc(-c3ccoc3C)n2Cc2ccccc2)c(Cl)c1. The van der Waals surface area contributed by atoms with Gasteiger partial charge < -0.3 is 9.73 Å². The number of nitrogens with zero attached hydrogens (tertiary/aromatic N) is 3. The highest BCUT2D eigenvalue weighted by Crippen LogP contribution is 2.30. The van der Waals surface area contributed by atoms with Crippen LogP contribution in [0.3, 0.4) is 0 Å². The summed E-state index contributed by atoms with van der Waals surface area (Å²) in [5, 5.41) is 12.9. The molecule has 1 amide bonds. The van der Waals surface area contributed by atoms with Gasteiger partial charge in [-0.3, -0.25) is 9.36 Å². The number of anilines is 1. The van der Waals surface area contributed by atoms with E-state index in [1.807, 2.05) is 61.7 Å². The van der Waals surface area contributed by atoms with Crippen molar-refractivity contribution in [2.75, 3.05) is 11.1 Å². The smallest absolute Gasteiger partial charge is 0.234 e. The van der Waals surface area contributed by atoms with E-state index in [0.717, 1.165) is 28.0 Å². The van der Waals surface area contributed by atoms with Gasteiger partial charge in [0, 0.05) is 0 Å². The van der Waals surface area contributed by atoms with Gasteiger partial charge in [0.15, 0.2) is 11.0 Å². The Morgan fingerprint density at radius 1 is 1.12 bits per heavy atom. The summed E-state index contributed by atoms with van der Waals surface area (Å²) in [6.45, 7) is 6.38. The van der Waals surface area contributed by atoms with Gasteiger partial charge in [-0.2, -0.15) is 0 Å². The molecule has 2 aromatic carbocycles. The van der Waals surface area contributed by atoms with Crippen LogP contribution in [0.4, 0.5) is 5.69 Å². The highest BCUT2D eigenvalue weighted by molar-refractivity contribution is 7.99. The predicted octanol–water partition coefficient (Wildman–Crippen LogP) is 5.90. The molecular formula is C24H23ClN4O2S. The summed E-state index contributed by atoms with van der Waals surface area (Å²) in [4.78, 5) is 12.7. The van der Waals surface area contributed by atoms with Crippen LogP contribution in [0, 0.1) is 20.8 Å². The van der Waals surface area contributed by atoms with Crippen LogP contribution in [0.1, 0.15) is 22.5 Å². The zero-order chi connectivity index (χ0) is 22.7. The molecule has 0 unspecified atom stereocenters. The predicted molar refractivity (Wildman–Crippen MR) is 128 cm³/mol. The second-order valence-corrected chi connectivity index (χ2v) is 8.89. The van der Waals surface area contributed by atoms with Crippen LogP contribution in [0.5, 0.6) is 0 Å². The Morgan fingerprint density at radius 2 is 1.91 bits per heavy atom. The molecule has 0 aliphatic heterocycles. The Morgan fingerprint density at radius 3 is 2.59 bits per heavy atom. The summed E-state index contributed by atoms with van der Waals surface area (Å²) in [6, 6.07) is 15.8. The first kappa shape index (κ1) is 22.2. The average Bonchev–Trinajstić information content (AvgIpc) is 3.35. The van der Waals surface area contributed by atoms with E-state index in [4.69, 9.17) is 16.0 Å². The Bertz CT molecular complexity index is 1230. The summed E-state index contributed by atoms with van der Waals surface area (Å²) in [7, 11) is 0. The number of rotatable bonds is 7. The minimum absolute atomic E-state index is 0.154. The van der Waals surface area contributed by atoms with Crippen LogP contribution < -0.4 is 5.32 Å². The molecule has 0 aliphatic carbocycles. The van der Waals surface area contributed by atoms with Gasteiger partial charge in [-0.25, -0.2) is 0 Å².